The SMILES string of the molecule is CCn1ncc(CC(C)C)c1F. The summed E-state index contributed by atoms with van der Waals surface area (Å²) in [7, 11) is 0. The minimum Gasteiger partial charge on any atom is -0.240 e. The van der Waals surface area contributed by atoms with Crippen LogP contribution in [0.4, 0.5) is 4.39 Å². The lowest BCUT2D eigenvalue weighted by atomic mass is 10.1. The summed E-state index contributed by atoms with van der Waals surface area (Å²) in [5.74, 6) is 0.306. The third kappa shape index (κ3) is 1.84. The number of aromatic nitrogens is 2. The highest BCUT2D eigenvalue weighted by Gasteiger charge is 2.09. The number of hydrogen-bond acceptors (Lipinski definition) is 1. The van der Waals surface area contributed by atoms with Crippen LogP contribution >= 0.6 is 0 Å². The number of halogens is 1. The number of rotatable bonds is 3. The molecule has 0 aromatic carbocycles. The predicted molar refractivity (Wildman–Crippen MR) is 46.4 cm³/mol. The smallest absolute Gasteiger partial charge is 0.214 e. The molecule has 0 aliphatic carbocycles. The molecule has 0 bridgehead atoms. The first kappa shape index (κ1) is 9.23. The van der Waals surface area contributed by atoms with E-state index < -0.39 is 0 Å². The molecule has 1 rings (SSSR count). The van der Waals surface area contributed by atoms with Gasteiger partial charge in [0.2, 0.25) is 5.95 Å². The van der Waals surface area contributed by atoms with E-state index in [0.29, 0.717) is 12.5 Å². The normalized spacial score (nSPS) is 11.1. The van der Waals surface area contributed by atoms with E-state index in [0.717, 1.165) is 12.0 Å². The van der Waals surface area contributed by atoms with E-state index in [1.165, 1.54) is 4.68 Å². The number of nitrogens with zero attached hydrogens (tertiary/aromatic N) is 2. The van der Waals surface area contributed by atoms with Gasteiger partial charge in [0, 0.05) is 12.1 Å². The molecule has 1 aromatic heterocycles. The Morgan fingerprint density at radius 2 is 2.25 bits per heavy atom. The lowest BCUT2D eigenvalue weighted by molar-refractivity contribution is 0.458. The van der Waals surface area contributed by atoms with Crippen LogP contribution in [0.15, 0.2) is 6.20 Å². The van der Waals surface area contributed by atoms with Gasteiger partial charge < -0.3 is 0 Å². The predicted octanol–water partition coefficient (Wildman–Crippen LogP) is 2.24. The van der Waals surface area contributed by atoms with Crippen molar-refractivity contribution in [3.05, 3.63) is 17.7 Å². The quantitative estimate of drug-likeness (QED) is 0.680. The molecule has 2 nitrogen and oxygen atoms in total. The van der Waals surface area contributed by atoms with Crippen LogP contribution in [0.25, 0.3) is 0 Å². The number of hydrogen-bond donors (Lipinski definition) is 0. The zero-order valence-corrected chi connectivity index (χ0v) is 7.84. The van der Waals surface area contributed by atoms with Gasteiger partial charge in [0.1, 0.15) is 0 Å². The van der Waals surface area contributed by atoms with E-state index in [1.54, 1.807) is 6.20 Å². The lowest BCUT2D eigenvalue weighted by Gasteiger charge is -2.01. The van der Waals surface area contributed by atoms with Crippen LogP contribution in [-0.2, 0) is 13.0 Å². The van der Waals surface area contributed by atoms with E-state index in [9.17, 15) is 4.39 Å². The summed E-state index contributed by atoms with van der Waals surface area (Å²) < 4.78 is 14.7. The minimum absolute atomic E-state index is 0.175. The lowest BCUT2D eigenvalue weighted by Crippen LogP contribution is -2.02. The molecule has 0 aliphatic heterocycles. The summed E-state index contributed by atoms with van der Waals surface area (Å²) in [5, 5.41) is 3.93. The Labute approximate surface area is 72.4 Å². The van der Waals surface area contributed by atoms with E-state index >= 15 is 0 Å². The highest BCUT2D eigenvalue weighted by atomic mass is 19.1. The molecular weight excluding hydrogens is 155 g/mol. The van der Waals surface area contributed by atoms with Gasteiger partial charge in [-0.3, -0.25) is 0 Å². The van der Waals surface area contributed by atoms with Gasteiger partial charge >= 0.3 is 0 Å². The summed E-state index contributed by atoms with van der Waals surface area (Å²) in [4.78, 5) is 0. The standard InChI is InChI=1S/C9H15FN2/c1-4-12-9(10)8(6-11-12)5-7(2)3/h6-7H,4-5H2,1-3H3. The van der Waals surface area contributed by atoms with Gasteiger partial charge in [-0.25, -0.2) is 4.68 Å². The van der Waals surface area contributed by atoms with Crippen molar-refractivity contribution in [3.8, 4) is 0 Å². The second kappa shape index (κ2) is 3.70. The summed E-state index contributed by atoms with van der Waals surface area (Å²) in [6.45, 7) is 6.63. The first-order valence-electron chi connectivity index (χ1n) is 4.35. The maximum atomic E-state index is 13.3. The fourth-order valence-corrected chi connectivity index (χ4v) is 1.21. The van der Waals surface area contributed by atoms with Gasteiger partial charge in [0.25, 0.3) is 0 Å². The molecule has 0 spiro atoms. The Kier molecular flexibility index (Phi) is 2.84. The highest BCUT2D eigenvalue weighted by molar-refractivity contribution is 5.07. The summed E-state index contributed by atoms with van der Waals surface area (Å²) in [5.41, 5.74) is 0.729. The first-order valence-corrected chi connectivity index (χ1v) is 4.35. The van der Waals surface area contributed by atoms with Crippen molar-refractivity contribution in [2.75, 3.05) is 0 Å². The van der Waals surface area contributed by atoms with Crippen molar-refractivity contribution in [1.29, 1.82) is 0 Å². The maximum absolute atomic E-state index is 13.3. The summed E-state index contributed by atoms with van der Waals surface area (Å²) in [6.07, 6.45) is 2.39. The van der Waals surface area contributed by atoms with E-state index in [2.05, 4.69) is 18.9 Å². The average Bonchev–Trinajstić information content (AvgIpc) is 2.32. The molecule has 0 N–H and O–H groups in total. The zero-order valence-electron chi connectivity index (χ0n) is 7.84. The van der Waals surface area contributed by atoms with Gasteiger partial charge in [-0.1, -0.05) is 13.8 Å². The fourth-order valence-electron chi connectivity index (χ4n) is 1.21. The van der Waals surface area contributed by atoms with Gasteiger partial charge in [0.05, 0.1) is 6.20 Å². The molecule has 0 saturated heterocycles. The van der Waals surface area contributed by atoms with Gasteiger partial charge in [-0.15, -0.1) is 0 Å². The summed E-state index contributed by atoms with van der Waals surface area (Å²) in [6, 6.07) is 0. The molecule has 0 atom stereocenters. The van der Waals surface area contributed by atoms with Crippen molar-refractivity contribution in [2.24, 2.45) is 5.92 Å². The van der Waals surface area contributed by atoms with Crippen LogP contribution in [-0.4, -0.2) is 9.78 Å². The van der Waals surface area contributed by atoms with Crippen molar-refractivity contribution in [1.82, 2.24) is 9.78 Å². The molecule has 1 heterocycles. The van der Waals surface area contributed by atoms with Crippen molar-refractivity contribution < 1.29 is 4.39 Å². The Balaban J connectivity index is 2.80. The number of aryl methyl sites for hydroxylation is 1. The molecule has 0 radical (unpaired) electrons. The van der Waals surface area contributed by atoms with E-state index in [-0.39, 0.29) is 5.95 Å². The van der Waals surface area contributed by atoms with Crippen LogP contribution in [0, 0.1) is 11.9 Å². The molecule has 1 aromatic rings. The summed E-state index contributed by atoms with van der Waals surface area (Å²) >= 11 is 0. The Hall–Kier alpha value is -0.860. The Morgan fingerprint density at radius 3 is 2.67 bits per heavy atom. The second-order valence-electron chi connectivity index (χ2n) is 3.37. The Bertz CT molecular complexity index is 253. The second-order valence-corrected chi connectivity index (χ2v) is 3.37. The molecule has 0 fully saturated rings. The topological polar surface area (TPSA) is 17.8 Å². The van der Waals surface area contributed by atoms with Gasteiger partial charge in [0.15, 0.2) is 0 Å². The van der Waals surface area contributed by atoms with Crippen molar-refractivity contribution in [3.63, 3.8) is 0 Å². The van der Waals surface area contributed by atoms with Crippen LogP contribution in [0.2, 0.25) is 0 Å². The highest BCUT2D eigenvalue weighted by Crippen LogP contribution is 2.11. The van der Waals surface area contributed by atoms with E-state index in [1.807, 2.05) is 6.92 Å². The van der Waals surface area contributed by atoms with Crippen LogP contribution in [0.3, 0.4) is 0 Å². The van der Waals surface area contributed by atoms with E-state index in [4.69, 9.17) is 0 Å². The third-order valence-electron chi connectivity index (χ3n) is 1.77. The van der Waals surface area contributed by atoms with Crippen molar-refractivity contribution >= 4 is 0 Å². The van der Waals surface area contributed by atoms with Gasteiger partial charge in [-0.2, -0.15) is 9.49 Å². The first-order chi connectivity index (χ1) is 5.65. The van der Waals surface area contributed by atoms with Crippen molar-refractivity contribution in [2.45, 2.75) is 33.7 Å². The van der Waals surface area contributed by atoms with Crippen LogP contribution in [0.5, 0.6) is 0 Å². The van der Waals surface area contributed by atoms with Crippen LogP contribution in [0.1, 0.15) is 26.3 Å². The monoisotopic (exact) mass is 170 g/mol. The van der Waals surface area contributed by atoms with Crippen LogP contribution < -0.4 is 0 Å². The molecule has 68 valence electrons. The molecule has 0 unspecified atom stereocenters. The fraction of sp³-hybridized carbons (Fsp3) is 0.667. The average molecular weight is 170 g/mol. The molecular formula is C9H15FN2. The third-order valence-corrected chi connectivity index (χ3v) is 1.77. The largest absolute Gasteiger partial charge is 0.240 e. The molecule has 0 aliphatic rings. The maximum Gasteiger partial charge on any atom is 0.214 e. The molecule has 0 saturated carbocycles. The zero-order chi connectivity index (χ0) is 9.14. The molecule has 12 heavy (non-hydrogen) atoms. The minimum atomic E-state index is -0.175. The molecule has 3 heteroatoms. The molecule has 0 amide bonds. The van der Waals surface area contributed by atoms with Gasteiger partial charge in [-0.05, 0) is 19.3 Å². The Morgan fingerprint density at radius 1 is 1.58 bits per heavy atom.